The molecule has 0 amide bonds. The quantitative estimate of drug-likeness (QED) is 0.502. The van der Waals surface area contributed by atoms with Crippen LogP contribution in [0.4, 0.5) is 8.78 Å². The van der Waals surface area contributed by atoms with E-state index in [0.29, 0.717) is 17.4 Å². The van der Waals surface area contributed by atoms with Gasteiger partial charge >= 0.3 is 0 Å². The van der Waals surface area contributed by atoms with E-state index in [1.807, 2.05) is 12.2 Å². The van der Waals surface area contributed by atoms with E-state index in [2.05, 4.69) is 32.2 Å². The molecule has 2 aliphatic rings. The molecular weight excluding hydrogens is 290 g/mol. The topological polar surface area (TPSA) is 0 Å². The molecule has 23 heavy (non-hydrogen) atoms. The van der Waals surface area contributed by atoms with Crippen molar-refractivity contribution in [3.05, 3.63) is 71.9 Å². The summed E-state index contributed by atoms with van der Waals surface area (Å²) in [5.41, 5.74) is 0.762. The highest BCUT2D eigenvalue weighted by molar-refractivity contribution is 5.52. The van der Waals surface area contributed by atoms with Gasteiger partial charge in [-0.3, -0.25) is 0 Å². The summed E-state index contributed by atoms with van der Waals surface area (Å²) in [7, 11) is 0. The molecule has 0 aromatic rings. The van der Waals surface area contributed by atoms with Gasteiger partial charge in [0.1, 0.15) is 0 Å². The molecule has 0 aliphatic heterocycles. The lowest BCUT2D eigenvalue weighted by atomic mass is 9.76. The SMILES string of the molecule is C=C(C)/C(F)=C(/F)C(=C)C1=CC=CC(C2CCC(C)CC2)C=C1. The molecule has 0 aromatic heterocycles. The highest BCUT2D eigenvalue weighted by Gasteiger charge is 2.23. The second-order valence-corrected chi connectivity index (χ2v) is 6.85. The van der Waals surface area contributed by atoms with E-state index in [1.54, 1.807) is 6.08 Å². The molecule has 124 valence electrons. The fraction of sp³-hybridized carbons (Fsp3) is 0.429. The predicted octanol–water partition coefficient (Wildman–Crippen LogP) is 6.76. The van der Waals surface area contributed by atoms with Crippen molar-refractivity contribution in [2.75, 3.05) is 0 Å². The highest BCUT2D eigenvalue weighted by Crippen LogP contribution is 2.36. The first-order valence-corrected chi connectivity index (χ1v) is 8.37. The van der Waals surface area contributed by atoms with E-state index in [1.165, 1.54) is 32.6 Å². The molecule has 1 fully saturated rings. The Hall–Kier alpha value is -1.70. The number of hydrogen-bond donors (Lipinski definition) is 0. The zero-order valence-electron chi connectivity index (χ0n) is 14.1. The molecule has 1 atom stereocenters. The largest absolute Gasteiger partial charge is 0.203 e. The molecule has 2 heteroatoms. The van der Waals surface area contributed by atoms with Crippen LogP contribution in [-0.4, -0.2) is 0 Å². The summed E-state index contributed by atoms with van der Waals surface area (Å²) in [4.78, 5) is 0. The second-order valence-electron chi connectivity index (χ2n) is 6.85. The van der Waals surface area contributed by atoms with Crippen molar-refractivity contribution in [1.29, 1.82) is 0 Å². The van der Waals surface area contributed by atoms with Crippen LogP contribution in [-0.2, 0) is 0 Å². The Labute approximate surface area is 138 Å². The molecule has 0 spiro atoms. The van der Waals surface area contributed by atoms with Gasteiger partial charge < -0.3 is 0 Å². The van der Waals surface area contributed by atoms with Crippen LogP contribution in [0.15, 0.2) is 71.9 Å². The Morgan fingerprint density at radius 1 is 1.04 bits per heavy atom. The zero-order valence-corrected chi connectivity index (χ0v) is 14.1. The van der Waals surface area contributed by atoms with E-state index in [0.717, 1.165) is 5.92 Å². The van der Waals surface area contributed by atoms with Crippen LogP contribution in [0.2, 0.25) is 0 Å². The molecule has 2 aliphatic carbocycles. The number of allylic oxidation sites excluding steroid dienone is 10. The lowest BCUT2D eigenvalue weighted by Crippen LogP contribution is -2.18. The van der Waals surface area contributed by atoms with Gasteiger partial charge in [-0.2, -0.15) is 0 Å². The van der Waals surface area contributed by atoms with Crippen molar-refractivity contribution in [1.82, 2.24) is 0 Å². The lowest BCUT2D eigenvalue weighted by molar-refractivity contribution is 0.262. The molecule has 2 rings (SSSR count). The minimum absolute atomic E-state index is 0.0734. The van der Waals surface area contributed by atoms with Gasteiger partial charge in [0.05, 0.1) is 0 Å². The zero-order chi connectivity index (χ0) is 17.0. The first-order valence-electron chi connectivity index (χ1n) is 8.37. The molecule has 0 saturated heterocycles. The van der Waals surface area contributed by atoms with Gasteiger partial charge in [-0.25, -0.2) is 8.78 Å². The van der Waals surface area contributed by atoms with Crippen LogP contribution in [0, 0.1) is 17.8 Å². The standard InChI is InChI=1S/C21H26F2/c1-14(2)20(22)21(23)16(4)17-6-5-7-18(13-12-17)19-10-8-15(3)9-11-19/h5-7,12-13,15,18-19H,1,4,8-11H2,2-3H3/b21-20-. The minimum atomic E-state index is -0.924. The fourth-order valence-corrected chi connectivity index (χ4v) is 3.25. The van der Waals surface area contributed by atoms with Gasteiger partial charge in [0.25, 0.3) is 0 Å². The summed E-state index contributed by atoms with van der Waals surface area (Å²) in [5.74, 6) is -0.0146. The van der Waals surface area contributed by atoms with Crippen LogP contribution in [0.25, 0.3) is 0 Å². The Morgan fingerprint density at radius 2 is 1.70 bits per heavy atom. The van der Waals surface area contributed by atoms with Crippen molar-refractivity contribution >= 4 is 0 Å². The van der Waals surface area contributed by atoms with E-state index in [9.17, 15) is 8.78 Å². The van der Waals surface area contributed by atoms with E-state index in [4.69, 9.17) is 0 Å². The monoisotopic (exact) mass is 316 g/mol. The Bertz CT molecular complexity index is 593. The maximum absolute atomic E-state index is 14.1. The molecule has 0 radical (unpaired) electrons. The maximum Gasteiger partial charge on any atom is 0.166 e. The normalized spacial score (nSPS) is 28.7. The van der Waals surface area contributed by atoms with Gasteiger partial charge in [-0.15, -0.1) is 0 Å². The smallest absolute Gasteiger partial charge is 0.166 e. The van der Waals surface area contributed by atoms with Crippen molar-refractivity contribution in [3.63, 3.8) is 0 Å². The van der Waals surface area contributed by atoms with Crippen molar-refractivity contribution in [2.45, 2.75) is 39.5 Å². The number of hydrogen-bond acceptors (Lipinski definition) is 0. The third-order valence-electron chi connectivity index (χ3n) is 4.89. The Kier molecular flexibility index (Phi) is 5.92. The van der Waals surface area contributed by atoms with Crippen LogP contribution in [0.3, 0.4) is 0 Å². The second kappa shape index (κ2) is 7.72. The summed E-state index contributed by atoms with van der Waals surface area (Å²) in [6, 6.07) is 0. The van der Waals surface area contributed by atoms with Gasteiger partial charge in [0.2, 0.25) is 0 Å². The van der Waals surface area contributed by atoms with Crippen LogP contribution < -0.4 is 0 Å². The van der Waals surface area contributed by atoms with E-state index >= 15 is 0 Å². The van der Waals surface area contributed by atoms with Crippen molar-refractivity contribution in [2.24, 2.45) is 17.8 Å². The molecule has 0 aromatic carbocycles. The molecule has 0 nitrogen and oxygen atoms in total. The third-order valence-corrected chi connectivity index (χ3v) is 4.89. The molecule has 0 N–H and O–H groups in total. The van der Waals surface area contributed by atoms with Gasteiger partial charge in [-0.1, -0.05) is 63.3 Å². The fourth-order valence-electron chi connectivity index (χ4n) is 3.25. The minimum Gasteiger partial charge on any atom is -0.203 e. The Morgan fingerprint density at radius 3 is 2.30 bits per heavy atom. The first kappa shape index (κ1) is 17.7. The third kappa shape index (κ3) is 4.40. The predicted molar refractivity (Wildman–Crippen MR) is 94.2 cm³/mol. The van der Waals surface area contributed by atoms with Gasteiger partial charge in [-0.05, 0) is 48.7 Å². The molecule has 0 bridgehead atoms. The van der Waals surface area contributed by atoms with Crippen molar-refractivity contribution < 1.29 is 8.78 Å². The maximum atomic E-state index is 14.1. The molecular formula is C21H26F2. The summed E-state index contributed by atoms with van der Waals surface area (Å²) in [6.07, 6.45) is 14.9. The molecule has 1 saturated carbocycles. The van der Waals surface area contributed by atoms with Gasteiger partial charge in [0, 0.05) is 5.57 Å². The molecule has 1 unspecified atom stereocenters. The summed E-state index contributed by atoms with van der Waals surface area (Å²) < 4.78 is 27.8. The lowest BCUT2D eigenvalue weighted by Gasteiger charge is -2.29. The summed E-state index contributed by atoms with van der Waals surface area (Å²) >= 11 is 0. The van der Waals surface area contributed by atoms with Crippen molar-refractivity contribution in [3.8, 4) is 0 Å². The van der Waals surface area contributed by atoms with Crippen LogP contribution in [0.1, 0.15) is 39.5 Å². The van der Waals surface area contributed by atoms with Crippen LogP contribution >= 0.6 is 0 Å². The van der Waals surface area contributed by atoms with E-state index in [-0.39, 0.29) is 11.1 Å². The first-order chi connectivity index (χ1) is 10.9. The number of rotatable bonds is 4. The van der Waals surface area contributed by atoms with Crippen LogP contribution in [0.5, 0.6) is 0 Å². The summed E-state index contributed by atoms with van der Waals surface area (Å²) in [5, 5.41) is 0. The number of halogens is 2. The molecule has 0 heterocycles. The average molecular weight is 316 g/mol. The average Bonchev–Trinajstić information content (AvgIpc) is 2.79. The Balaban J connectivity index is 2.10. The van der Waals surface area contributed by atoms with Gasteiger partial charge in [0.15, 0.2) is 11.7 Å². The highest BCUT2D eigenvalue weighted by atomic mass is 19.2. The van der Waals surface area contributed by atoms with E-state index < -0.39 is 11.7 Å². The summed E-state index contributed by atoms with van der Waals surface area (Å²) in [6.45, 7) is 10.9.